The molecule has 0 aliphatic heterocycles. The molecule has 0 aromatic carbocycles. The Labute approximate surface area is 91.8 Å². The van der Waals surface area contributed by atoms with Gasteiger partial charge in [-0.05, 0) is 33.5 Å². The van der Waals surface area contributed by atoms with Crippen LogP contribution in [0.3, 0.4) is 0 Å². The highest BCUT2D eigenvalue weighted by Gasteiger charge is 2.13. The molecule has 0 fully saturated rings. The van der Waals surface area contributed by atoms with E-state index in [-0.39, 0.29) is 6.42 Å². The first-order valence-electron chi connectivity index (χ1n) is 4.73. The van der Waals surface area contributed by atoms with Gasteiger partial charge in [0.05, 0.1) is 0 Å². The lowest BCUT2D eigenvalue weighted by Gasteiger charge is -2.05. The van der Waals surface area contributed by atoms with E-state index in [9.17, 15) is 8.42 Å². The lowest BCUT2D eigenvalue weighted by Crippen LogP contribution is -2.28. The molecule has 1 atom stereocenters. The molecule has 0 rings (SSSR count). The zero-order chi connectivity index (χ0) is 12.5. The lowest BCUT2D eigenvalue weighted by molar-refractivity contribution is 0.263. The molecule has 15 heavy (non-hydrogen) atoms. The maximum absolute atomic E-state index is 9.99. The minimum Gasteiger partial charge on any atom is -0.396 e. The van der Waals surface area contributed by atoms with Crippen molar-refractivity contribution in [2.75, 3.05) is 27.2 Å². The van der Waals surface area contributed by atoms with Gasteiger partial charge in [-0.15, -0.1) is 0 Å². The van der Waals surface area contributed by atoms with Crippen LogP contribution in [0.2, 0.25) is 0 Å². The SMILES string of the molecule is CCC(N)S(=O)(=O)O.CN(C)CCCO. The molecule has 0 aliphatic carbocycles. The highest BCUT2D eigenvalue weighted by atomic mass is 32.2. The molecular formula is C8H22N2O4S. The van der Waals surface area contributed by atoms with Crippen molar-refractivity contribution < 1.29 is 18.1 Å². The maximum Gasteiger partial charge on any atom is 0.280 e. The third-order valence-electron chi connectivity index (χ3n) is 1.55. The Balaban J connectivity index is 0. The van der Waals surface area contributed by atoms with Gasteiger partial charge in [-0.1, -0.05) is 6.92 Å². The molecule has 0 bridgehead atoms. The Bertz CT molecular complexity index is 229. The minimum absolute atomic E-state index is 0.235. The smallest absolute Gasteiger partial charge is 0.280 e. The summed E-state index contributed by atoms with van der Waals surface area (Å²) in [6.45, 7) is 2.87. The van der Waals surface area contributed by atoms with Gasteiger partial charge in [-0.3, -0.25) is 4.55 Å². The second-order valence-corrected chi connectivity index (χ2v) is 4.98. The van der Waals surface area contributed by atoms with Gasteiger partial charge in [0, 0.05) is 6.61 Å². The predicted octanol–water partition coefficient (Wildman–Crippen LogP) is -0.501. The van der Waals surface area contributed by atoms with Crippen LogP contribution in [-0.4, -0.2) is 55.6 Å². The third-order valence-corrected chi connectivity index (χ3v) is 2.65. The molecular weight excluding hydrogens is 220 g/mol. The van der Waals surface area contributed by atoms with Crippen LogP contribution in [0, 0.1) is 0 Å². The summed E-state index contributed by atoms with van der Waals surface area (Å²) in [6, 6.07) is 0. The van der Waals surface area contributed by atoms with Gasteiger partial charge in [0.2, 0.25) is 0 Å². The molecule has 0 radical (unpaired) electrons. The van der Waals surface area contributed by atoms with E-state index in [0.717, 1.165) is 13.0 Å². The number of rotatable bonds is 5. The van der Waals surface area contributed by atoms with Gasteiger partial charge in [-0.25, -0.2) is 0 Å². The average Bonchev–Trinajstić information content (AvgIpc) is 2.12. The number of hydrogen-bond donors (Lipinski definition) is 3. The Kier molecular flexibility index (Phi) is 10.4. The van der Waals surface area contributed by atoms with Gasteiger partial charge < -0.3 is 15.7 Å². The third kappa shape index (κ3) is 13.8. The highest BCUT2D eigenvalue weighted by Crippen LogP contribution is 1.93. The zero-order valence-electron chi connectivity index (χ0n) is 9.55. The zero-order valence-corrected chi connectivity index (χ0v) is 10.4. The molecule has 94 valence electrons. The highest BCUT2D eigenvalue weighted by molar-refractivity contribution is 7.86. The summed E-state index contributed by atoms with van der Waals surface area (Å²) in [6.07, 6.45) is 1.12. The number of aliphatic hydroxyl groups excluding tert-OH is 1. The van der Waals surface area contributed by atoms with Crippen LogP contribution in [0.1, 0.15) is 19.8 Å². The van der Waals surface area contributed by atoms with Crippen molar-refractivity contribution in [3.63, 3.8) is 0 Å². The molecule has 0 aliphatic rings. The van der Waals surface area contributed by atoms with E-state index in [0.29, 0.717) is 6.61 Å². The van der Waals surface area contributed by atoms with Crippen molar-refractivity contribution in [3.8, 4) is 0 Å². The van der Waals surface area contributed by atoms with Gasteiger partial charge in [0.15, 0.2) is 0 Å². The fraction of sp³-hybridized carbons (Fsp3) is 1.00. The normalized spacial score (nSPS) is 13.3. The van der Waals surface area contributed by atoms with Crippen LogP contribution < -0.4 is 5.73 Å². The van der Waals surface area contributed by atoms with Crippen LogP contribution >= 0.6 is 0 Å². The summed E-state index contributed by atoms with van der Waals surface area (Å²) >= 11 is 0. The van der Waals surface area contributed by atoms with Crippen molar-refractivity contribution in [2.45, 2.75) is 25.1 Å². The molecule has 0 spiro atoms. The monoisotopic (exact) mass is 242 g/mol. The number of nitrogens with two attached hydrogens (primary N) is 1. The van der Waals surface area contributed by atoms with E-state index in [1.54, 1.807) is 6.92 Å². The molecule has 0 aromatic rings. The van der Waals surface area contributed by atoms with Crippen molar-refractivity contribution >= 4 is 10.1 Å². The Morgan fingerprint density at radius 2 is 1.87 bits per heavy atom. The van der Waals surface area contributed by atoms with Crippen LogP contribution in [0.5, 0.6) is 0 Å². The largest absolute Gasteiger partial charge is 0.396 e. The summed E-state index contributed by atoms with van der Waals surface area (Å²) < 4.78 is 28.1. The molecule has 0 saturated heterocycles. The fourth-order valence-corrected chi connectivity index (χ4v) is 1.02. The predicted molar refractivity (Wildman–Crippen MR) is 60.1 cm³/mol. The van der Waals surface area contributed by atoms with E-state index in [2.05, 4.69) is 4.90 Å². The number of aliphatic hydroxyl groups is 1. The van der Waals surface area contributed by atoms with E-state index in [1.165, 1.54) is 0 Å². The summed E-state index contributed by atoms with van der Waals surface area (Å²) in [7, 11) is 0.0163. The molecule has 0 aromatic heterocycles. The van der Waals surface area contributed by atoms with E-state index in [4.69, 9.17) is 15.4 Å². The van der Waals surface area contributed by atoms with Gasteiger partial charge in [0.25, 0.3) is 10.1 Å². The molecule has 7 heteroatoms. The van der Waals surface area contributed by atoms with E-state index in [1.807, 2.05) is 14.1 Å². The second-order valence-electron chi connectivity index (χ2n) is 3.34. The van der Waals surface area contributed by atoms with Gasteiger partial charge >= 0.3 is 0 Å². The van der Waals surface area contributed by atoms with E-state index >= 15 is 0 Å². The van der Waals surface area contributed by atoms with Crippen LogP contribution in [0.15, 0.2) is 0 Å². The molecule has 6 nitrogen and oxygen atoms in total. The number of nitrogens with zero attached hydrogens (tertiary/aromatic N) is 1. The lowest BCUT2D eigenvalue weighted by atomic mass is 10.4. The van der Waals surface area contributed by atoms with Gasteiger partial charge in [0.1, 0.15) is 5.37 Å². The van der Waals surface area contributed by atoms with Gasteiger partial charge in [-0.2, -0.15) is 8.42 Å². The summed E-state index contributed by atoms with van der Waals surface area (Å²) in [4.78, 5) is 2.05. The standard InChI is InChI=1S/C5H13NO.C3H9NO3S/c1-6(2)4-3-5-7;1-2-3(4)8(5,6)7/h7H,3-5H2,1-2H3;3H,2,4H2,1H3,(H,5,6,7). The molecule has 1 unspecified atom stereocenters. The fourth-order valence-electron chi connectivity index (χ4n) is 0.598. The van der Waals surface area contributed by atoms with Crippen molar-refractivity contribution in [1.29, 1.82) is 0 Å². The molecule has 0 heterocycles. The maximum atomic E-state index is 9.99. The first kappa shape index (κ1) is 17.2. The van der Waals surface area contributed by atoms with Crippen molar-refractivity contribution in [3.05, 3.63) is 0 Å². The Hall–Kier alpha value is -0.210. The molecule has 4 N–H and O–H groups in total. The van der Waals surface area contributed by atoms with Crippen LogP contribution in [-0.2, 0) is 10.1 Å². The van der Waals surface area contributed by atoms with E-state index < -0.39 is 15.5 Å². The van der Waals surface area contributed by atoms with Crippen molar-refractivity contribution in [2.24, 2.45) is 5.73 Å². The Morgan fingerprint density at radius 1 is 1.40 bits per heavy atom. The first-order valence-corrected chi connectivity index (χ1v) is 6.23. The Morgan fingerprint density at radius 3 is 1.93 bits per heavy atom. The summed E-state index contributed by atoms with van der Waals surface area (Å²) in [5.74, 6) is 0. The van der Waals surface area contributed by atoms with Crippen molar-refractivity contribution in [1.82, 2.24) is 4.90 Å². The second kappa shape index (κ2) is 9.05. The summed E-state index contributed by atoms with van der Waals surface area (Å²) in [5, 5.41) is 7.17. The molecule has 0 saturated carbocycles. The molecule has 0 amide bonds. The quantitative estimate of drug-likeness (QED) is 0.561. The number of hydrogen-bond acceptors (Lipinski definition) is 5. The topological polar surface area (TPSA) is 104 Å². The van der Waals surface area contributed by atoms with Crippen LogP contribution in [0.4, 0.5) is 0 Å². The van der Waals surface area contributed by atoms with Crippen LogP contribution in [0.25, 0.3) is 0 Å². The summed E-state index contributed by atoms with van der Waals surface area (Å²) in [5.41, 5.74) is 4.91. The average molecular weight is 242 g/mol. The minimum atomic E-state index is -3.98. The first-order chi connectivity index (χ1) is 6.75.